The second-order valence-corrected chi connectivity index (χ2v) is 9.27. The van der Waals surface area contributed by atoms with Gasteiger partial charge in [-0.25, -0.2) is 4.99 Å². The Hall–Kier alpha value is -3.15. The molecule has 1 N–H and O–H groups in total. The lowest BCUT2D eigenvalue weighted by Gasteiger charge is -2.32. The van der Waals surface area contributed by atoms with E-state index < -0.39 is 0 Å². The quantitative estimate of drug-likeness (QED) is 0.119. The topological polar surface area (TPSA) is 79.6 Å². The van der Waals surface area contributed by atoms with Crippen molar-refractivity contribution in [2.45, 2.75) is 51.9 Å². The number of nitrogens with one attached hydrogen (secondary N) is 1. The Balaban J connectivity index is 1.34. The van der Waals surface area contributed by atoms with Gasteiger partial charge in [-0.05, 0) is 49.1 Å². The first-order chi connectivity index (χ1) is 17.0. The SMILES string of the molecule is C=[N+]=Cc1cc(C(=O)CCCCCC2CCN(C(=O)C(=CS)N=Cc3ccccc3)CC2)[nH]c1C. The van der Waals surface area contributed by atoms with Gasteiger partial charge in [0, 0.05) is 31.4 Å². The average Bonchev–Trinajstić information content (AvgIpc) is 3.25. The molecule has 2 heterocycles. The van der Waals surface area contributed by atoms with Crippen LogP contribution in [0, 0.1) is 12.8 Å². The van der Waals surface area contributed by atoms with Gasteiger partial charge in [-0.1, -0.05) is 49.6 Å². The molecular formula is C28H35N4O2S+. The van der Waals surface area contributed by atoms with E-state index in [1.807, 2.05) is 48.2 Å². The fourth-order valence-electron chi connectivity index (χ4n) is 4.40. The number of nitrogens with zero attached hydrogens (tertiary/aromatic N) is 3. The summed E-state index contributed by atoms with van der Waals surface area (Å²) in [6.07, 6.45) is 10.1. The normalized spacial score (nSPS) is 14.8. The van der Waals surface area contributed by atoms with E-state index in [1.54, 1.807) is 12.4 Å². The van der Waals surface area contributed by atoms with Crippen molar-refractivity contribution in [3.05, 3.63) is 70.0 Å². The summed E-state index contributed by atoms with van der Waals surface area (Å²) in [5, 5.41) is 1.49. The van der Waals surface area contributed by atoms with Crippen molar-refractivity contribution >= 4 is 43.5 Å². The number of Topliss-reactive ketones (excluding diaryl/α,β-unsaturated/α-hetero) is 1. The van der Waals surface area contributed by atoms with Crippen LogP contribution in [0.25, 0.3) is 0 Å². The summed E-state index contributed by atoms with van der Waals surface area (Å²) in [6.45, 7) is 6.90. The molecule has 0 saturated carbocycles. The first kappa shape index (κ1) is 26.5. The zero-order valence-electron chi connectivity index (χ0n) is 20.4. The molecule has 1 fully saturated rings. The molecule has 3 rings (SSSR count). The Morgan fingerprint density at radius 1 is 1.20 bits per heavy atom. The van der Waals surface area contributed by atoms with E-state index in [-0.39, 0.29) is 11.7 Å². The Morgan fingerprint density at radius 2 is 1.94 bits per heavy atom. The van der Waals surface area contributed by atoms with Gasteiger partial charge in [0.1, 0.15) is 5.70 Å². The summed E-state index contributed by atoms with van der Waals surface area (Å²) in [5.74, 6) is 0.710. The maximum Gasteiger partial charge on any atom is 0.300 e. The number of aromatic amines is 1. The number of likely N-dealkylation sites (tertiary alicyclic amines) is 1. The lowest BCUT2D eigenvalue weighted by atomic mass is 9.91. The molecule has 1 amide bonds. The maximum absolute atomic E-state index is 12.8. The number of aliphatic imine (C=N–C) groups is 1. The van der Waals surface area contributed by atoms with Crippen molar-refractivity contribution in [2.24, 2.45) is 10.9 Å². The van der Waals surface area contributed by atoms with Gasteiger partial charge in [0.05, 0.1) is 11.3 Å². The van der Waals surface area contributed by atoms with E-state index in [0.717, 1.165) is 68.4 Å². The monoisotopic (exact) mass is 491 g/mol. The zero-order valence-corrected chi connectivity index (χ0v) is 21.3. The number of rotatable bonds is 11. The van der Waals surface area contributed by atoms with Crippen LogP contribution in [0.3, 0.4) is 0 Å². The number of amides is 1. The maximum atomic E-state index is 12.8. The number of aromatic nitrogens is 1. The molecule has 35 heavy (non-hydrogen) atoms. The van der Waals surface area contributed by atoms with Crippen LogP contribution in [0.5, 0.6) is 0 Å². The van der Waals surface area contributed by atoms with Gasteiger partial charge in [-0.15, -0.1) is 17.3 Å². The minimum atomic E-state index is -0.0617. The third-order valence-corrected chi connectivity index (χ3v) is 6.74. The molecule has 0 spiro atoms. The molecule has 6 nitrogen and oxygen atoms in total. The molecule has 7 heteroatoms. The molecule has 1 aliphatic rings. The predicted molar refractivity (Wildman–Crippen MR) is 148 cm³/mol. The number of carbonyl (C=O) groups excluding carboxylic acids is 2. The van der Waals surface area contributed by atoms with Crippen molar-refractivity contribution in [3.63, 3.8) is 0 Å². The number of piperidine rings is 1. The van der Waals surface area contributed by atoms with Crippen LogP contribution in [-0.2, 0) is 4.79 Å². The van der Waals surface area contributed by atoms with Crippen molar-refractivity contribution in [1.82, 2.24) is 14.6 Å². The van der Waals surface area contributed by atoms with Gasteiger partial charge in [0.2, 0.25) is 0 Å². The van der Waals surface area contributed by atoms with E-state index in [9.17, 15) is 9.59 Å². The van der Waals surface area contributed by atoms with Crippen LogP contribution in [-0.4, -0.2) is 53.8 Å². The van der Waals surface area contributed by atoms with Crippen molar-refractivity contribution in [1.29, 1.82) is 0 Å². The summed E-state index contributed by atoms with van der Waals surface area (Å²) in [7, 11) is 0. The second-order valence-electron chi connectivity index (χ2n) is 9.02. The van der Waals surface area contributed by atoms with Gasteiger partial charge in [-0.3, -0.25) is 9.59 Å². The lowest BCUT2D eigenvalue weighted by Crippen LogP contribution is -2.39. The van der Waals surface area contributed by atoms with E-state index in [4.69, 9.17) is 0 Å². The lowest BCUT2D eigenvalue weighted by molar-refractivity contribution is -0.128. The van der Waals surface area contributed by atoms with E-state index in [0.29, 0.717) is 23.7 Å². The Labute approximate surface area is 213 Å². The van der Waals surface area contributed by atoms with Crippen molar-refractivity contribution in [3.8, 4) is 0 Å². The number of thiol groups is 1. The van der Waals surface area contributed by atoms with Crippen LogP contribution >= 0.6 is 12.6 Å². The smallest absolute Gasteiger partial charge is 0.300 e. The number of ketones is 1. The Kier molecular flexibility index (Phi) is 10.3. The summed E-state index contributed by atoms with van der Waals surface area (Å²) >= 11 is 4.20. The average molecular weight is 492 g/mol. The standard InChI is InChI=1S/C28H34N4O2S/c1-21-24(19-29-2)17-25(31-21)27(33)12-8-4-5-9-22-13-15-32(16-14-22)28(34)26(20-35)30-18-23-10-6-3-7-11-23/h3,6-7,10-11,17-20,22H,2,4-5,8-9,12-16H2,1H3,(H,34,35)/p+1. The third kappa shape index (κ3) is 7.94. The molecule has 0 radical (unpaired) electrons. The molecule has 1 aliphatic heterocycles. The predicted octanol–water partition coefficient (Wildman–Crippen LogP) is 4.77. The molecule has 0 bridgehead atoms. The molecule has 2 aromatic rings. The molecule has 0 atom stereocenters. The fourth-order valence-corrected chi connectivity index (χ4v) is 4.58. The van der Waals surface area contributed by atoms with Gasteiger partial charge in [-0.2, -0.15) is 0 Å². The van der Waals surface area contributed by atoms with E-state index >= 15 is 0 Å². The third-order valence-electron chi connectivity index (χ3n) is 6.50. The van der Waals surface area contributed by atoms with Crippen LogP contribution in [0.1, 0.15) is 72.3 Å². The second kappa shape index (κ2) is 13.7. The highest BCUT2D eigenvalue weighted by Gasteiger charge is 2.24. The first-order valence-corrected chi connectivity index (χ1v) is 12.8. The molecule has 1 saturated heterocycles. The van der Waals surface area contributed by atoms with Crippen molar-refractivity contribution in [2.75, 3.05) is 13.1 Å². The number of H-pyrrole nitrogens is 1. The minimum Gasteiger partial charge on any atom is -0.355 e. The van der Waals surface area contributed by atoms with Crippen LogP contribution in [0.15, 0.2) is 52.5 Å². The van der Waals surface area contributed by atoms with E-state index in [2.05, 4.69) is 34.0 Å². The first-order valence-electron chi connectivity index (χ1n) is 12.3. The largest absolute Gasteiger partial charge is 0.355 e. The van der Waals surface area contributed by atoms with E-state index in [1.165, 1.54) is 5.41 Å². The number of hydrogen-bond acceptors (Lipinski definition) is 4. The highest BCUT2D eigenvalue weighted by atomic mass is 32.1. The number of carbonyl (C=O) groups is 2. The van der Waals surface area contributed by atoms with Crippen molar-refractivity contribution < 1.29 is 9.59 Å². The molecule has 1 aromatic heterocycles. The van der Waals surface area contributed by atoms with Crippen LogP contribution in [0.4, 0.5) is 0 Å². The number of benzene rings is 1. The van der Waals surface area contributed by atoms with Gasteiger partial charge in [0.15, 0.2) is 5.78 Å². The number of hydrogen-bond donors (Lipinski definition) is 2. The zero-order chi connectivity index (χ0) is 25.0. The Morgan fingerprint density at radius 3 is 2.63 bits per heavy atom. The number of aryl methyl sites for hydroxylation is 1. The molecule has 0 aliphatic carbocycles. The highest BCUT2D eigenvalue weighted by Crippen LogP contribution is 2.24. The van der Waals surface area contributed by atoms with Crippen LogP contribution in [0.2, 0.25) is 0 Å². The highest BCUT2D eigenvalue weighted by molar-refractivity contribution is 7.83. The Bertz CT molecular complexity index is 1110. The van der Waals surface area contributed by atoms with Gasteiger partial charge in [0.25, 0.3) is 12.6 Å². The summed E-state index contributed by atoms with van der Waals surface area (Å²) in [4.78, 5) is 34.7. The van der Waals surface area contributed by atoms with Crippen LogP contribution < -0.4 is 4.67 Å². The fraction of sp³-hybridized carbons (Fsp3) is 0.393. The van der Waals surface area contributed by atoms with Gasteiger partial charge < -0.3 is 9.88 Å². The van der Waals surface area contributed by atoms with Gasteiger partial charge >= 0.3 is 6.21 Å². The molecule has 1 aromatic carbocycles. The summed E-state index contributed by atoms with van der Waals surface area (Å²) in [6, 6.07) is 11.6. The minimum absolute atomic E-state index is 0.0617. The summed E-state index contributed by atoms with van der Waals surface area (Å²) < 4.78 is 3.78. The number of unbranched alkanes of at least 4 members (excludes halogenated alkanes) is 2. The molecular weight excluding hydrogens is 456 g/mol. The summed E-state index contributed by atoms with van der Waals surface area (Å²) in [5.41, 5.74) is 3.81. The molecule has 0 unspecified atom stereocenters. The molecule has 184 valence electrons.